The third kappa shape index (κ3) is 3.01. The topological polar surface area (TPSA) is 20.3 Å². The summed E-state index contributed by atoms with van der Waals surface area (Å²) in [4.78, 5) is 14.1. The maximum absolute atomic E-state index is 12.2. The van der Waals surface area contributed by atoms with Crippen LogP contribution in [0.4, 0.5) is 0 Å². The molecule has 3 heteroatoms. The first-order valence-corrected chi connectivity index (χ1v) is 7.01. The van der Waals surface area contributed by atoms with Gasteiger partial charge in [0.1, 0.15) is 0 Å². The van der Waals surface area contributed by atoms with Gasteiger partial charge in [-0.05, 0) is 0 Å². The van der Waals surface area contributed by atoms with Crippen molar-refractivity contribution >= 4 is 9.81 Å². The first-order valence-electron chi connectivity index (χ1n) is 5.54. The minimum atomic E-state index is 0.131. The molecule has 0 atom stereocenters. The average Bonchev–Trinajstić information content (AvgIpc) is 2.16. The molecule has 1 rings (SSSR count). The Bertz CT molecular complexity index is 366. The van der Waals surface area contributed by atoms with Crippen molar-refractivity contribution in [1.29, 1.82) is 0 Å². The van der Waals surface area contributed by atoms with Crippen molar-refractivity contribution in [3.8, 4) is 0 Å². The monoisotopic (exact) mass is 388 g/mol. The van der Waals surface area contributed by atoms with E-state index in [1.165, 1.54) is 23.3 Å². The predicted octanol–water partition coefficient (Wildman–Crippen LogP) is 2.04. The third-order valence-corrected chi connectivity index (χ3v) is 3.09. The number of hydrogen-bond acceptors (Lipinski definition) is 1. The van der Waals surface area contributed by atoms with Crippen molar-refractivity contribution in [1.82, 2.24) is 4.90 Å². The van der Waals surface area contributed by atoms with Gasteiger partial charge in [-0.2, -0.15) is 0 Å². The second-order valence-electron chi connectivity index (χ2n) is 4.25. The van der Waals surface area contributed by atoms with E-state index in [0.29, 0.717) is 0 Å². The van der Waals surface area contributed by atoms with Gasteiger partial charge < -0.3 is 0 Å². The number of rotatable bonds is 2. The first kappa shape index (κ1) is 13.6. The summed E-state index contributed by atoms with van der Waals surface area (Å²) in [6.45, 7) is 8.86. The molecule has 1 heterocycles. The van der Waals surface area contributed by atoms with Crippen LogP contribution in [0.1, 0.15) is 34.1 Å². The van der Waals surface area contributed by atoms with Crippen molar-refractivity contribution in [2.75, 3.05) is 6.54 Å². The van der Waals surface area contributed by atoms with E-state index in [4.69, 9.17) is 0 Å². The molecule has 0 bridgehead atoms. The van der Waals surface area contributed by atoms with Crippen LogP contribution >= 0.6 is 0 Å². The van der Waals surface area contributed by atoms with E-state index in [9.17, 15) is 4.79 Å². The van der Waals surface area contributed by atoms with Crippen LogP contribution in [-0.2, 0) is 24.1 Å². The second-order valence-corrected chi connectivity index (χ2v) is 6.56. The molecule has 88 valence electrons. The molecule has 16 heavy (non-hydrogen) atoms. The van der Waals surface area contributed by atoms with Crippen LogP contribution in [0, 0.1) is 6.08 Å². The zero-order chi connectivity index (χ0) is 12.3. The van der Waals surface area contributed by atoms with Crippen molar-refractivity contribution in [3.63, 3.8) is 0 Å². The fourth-order valence-electron chi connectivity index (χ4n) is 1.90. The summed E-state index contributed by atoms with van der Waals surface area (Å²) in [5, 5.41) is 0. The molecule has 2 nitrogen and oxygen atoms in total. The van der Waals surface area contributed by atoms with E-state index in [-0.39, 0.29) is 11.9 Å². The van der Waals surface area contributed by atoms with E-state index in [0.717, 1.165) is 24.1 Å². The van der Waals surface area contributed by atoms with Gasteiger partial charge in [0.2, 0.25) is 0 Å². The quantitative estimate of drug-likeness (QED) is 0.524. The van der Waals surface area contributed by atoms with Crippen LogP contribution in [0.5, 0.6) is 0 Å². The maximum atomic E-state index is 12.2. The SMILES string of the molecule is C[C-]=C1C(=O)N(C(C)C)CCC1=C[C](C)=[W]. The molecular weight excluding hydrogens is 370 g/mol. The molecule has 0 saturated carbocycles. The van der Waals surface area contributed by atoms with Gasteiger partial charge in [0.05, 0.1) is 0 Å². The van der Waals surface area contributed by atoms with Crippen LogP contribution in [0.2, 0.25) is 0 Å². The van der Waals surface area contributed by atoms with E-state index < -0.39 is 0 Å². The van der Waals surface area contributed by atoms with E-state index in [1.54, 1.807) is 0 Å². The van der Waals surface area contributed by atoms with Crippen molar-refractivity contribution in [3.05, 3.63) is 23.3 Å². The molecule has 1 amide bonds. The fraction of sp³-hybridized carbons (Fsp3) is 0.538. The zero-order valence-corrected chi connectivity index (χ0v) is 13.3. The molecule has 0 radical (unpaired) electrons. The normalized spacial score (nSPS) is 22.3. The van der Waals surface area contributed by atoms with Crippen LogP contribution in [0.15, 0.2) is 17.2 Å². The van der Waals surface area contributed by atoms with Gasteiger partial charge in [-0.25, -0.2) is 0 Å². The second kappa shape index (κ2) is 5.72. The summed E-state index contributed by atoms with van der Waals surface area (Å²) in [5.41, 5.74) is 1.91. The molecule has 0 aromatic rings. The summed E-state index contributed by atoms with van der Waals surface area (Å²) in [6, 6.07) is 0.273. The molecule has 0 unspecified atom stereocenters. The van der Waals surface area contributed by atoms with Gasteiger partial charge in [-0.1, -0.05) is 0 Å². The number of amides is 1. The van der Waals surface area contributed by atoms with Crippen LogP contribution < -0.4 is 0 Å². The molecule has 0 spiro atoms. The van der Waals surface area contributed by atoms with Gasteiger partial charge in [-0.3, -0.25) is 0 Å². The number of hydrogen-bond donors (Lipinski definition) is 0. The van der Waals surface area contributed by atoms with Crippen molar-refractivity contribution in [2.24, 2.45) is 0 Å². The van der Waals surface area contributed by atoms with Gasteiger partial charge in [0.15, 0.2) is 0 Å². The van der Waals surface area contributed by atoms with E-state index in [1.807, 2.05) is 11.8 Å². The number of piperidine rings is 1. The Morgan fingerprint density at radius 3 is 2.62 bits per heavy atom. The summed E-state index contributed by atoms with van der Waals surface area (Å²) in [6.07, 6.45) is 6.13. The average molecular weight is 388 g/mol. The van der Waals surface area contributed by atoms with Gasteiger partial charge >= 0.3 is 109 Å². The Morgan fingerprint density at radius 1 is 1.56 bits per heavy atom. The van der Waals surface area contributed by atoms with Gasteiger partial charge in [0, 0.05) is 0 Å². The Morgan fingerprint density at radius 2 is 2.19 bits per heavy atom. The Labute approximate surface area is 109 Å². The fourth-order valence-corrected chi connectivity index (χ4v) is 2.41. The first-order chi connectivity index (χ1) is 7.47. The molecule has 1 fully saturated rings. The molecular formula is C13H18NOW-. The molecule has 0 N–H and O–H groups in total. The summed E-state index contributed by atoms with van der Waals surface area (Å²) >= 11 is 1.46. The summed E-state index contributed by atoms with van der Waals surface area (Å²) in [5.74, 6) is 0.131. The van der Waals surface area contributed by atoms with Crippen LogP contribution in [0.3, 0.4) is 0 Å². The minimum absolute atomic E-state index is 0.131. The molecule has 1 aliphatic heterocycles. The van der Waals surface area contributed by atoms with E-state index >= 15 is 0 Å². The van der Waals surface area contributed by atoms with E-state index in [2.05, 4.69) is 32.9 Å². The Hall–Kier alpha value is -0.492. The number of carbonyl (C=O) groups excluding carboxylic acids is 1. The molecule has 1 aliphatic rings. The number of allylic oxidation sites excluding steroid dienone is 2. The summed E-state index contributed by atoms with van der Waals surface area (Å²) < 4.78 is 1.31. The summed E-state index contributed by atoms with van der Waals surface area (Å²) in [7, 11) is 0. The van der Waals surface area contributed by atoms with Crippen molar-refractivity contribution in [2.45, 2.75) is 40.2 Å². The molecule has 0 aromatic heterocycles. The third-order valence-electron chi connectivity index (χ3n) is 2.67. The number of likely N-dealkylation sites (tertiary alicyclic amines) is 1. The zero-order valence-electron chi connectivity index (χ0n) is 10.3. The van der Waals surface area contributed by atoms with Crippen LogP contribution in [0.25, 0.3) is 0 Å². The van der Waals surface area contributed by atoms with Crippen molar-refractivity contribution < 1.29 is 24.1 Å². The molecule has 0 aromatic carbocycles. The molecule has 0 aliphatic carbocycles. The Balaban J connectivity index is 3.00. The molecule has 1 saturated heterocycles. The van der Waals surface area contributed by atoms with Gasteiger partial charge in [-0.15, -0.1) is 0 Å². The Kier molecular flexibility index (Phi) is 4.85. The predicted molar refractivity (Wildman–Crippen MR) is 62.7 cm³/mol. The standard InChI is InChI=1S/C13H18NO.W/c1-5-7-11-8-9-14(10(3)4)13(15)12(11)6-2;/h7,10H,8-9H2,1-4H3;/q-1;. The number of carbonyl (C=O) groups is 1. The number of nitrogens with zero attached hydrogens (tertiary/aromatic N) is 1. The van der Waals surface area contributed by atoms with Gasteiger partial charge in [0.25, 0.3) is 0 Å². The van der Waals surface area contributed by atoms with Crippen LogP contribution in [-0.4, -0.2) is 27.3 Å².